The van der Waals surface area contributed by atoms with Crippen LogP contribution in [0.5, 0.6) is 0 Å². The van der Waals surface area contributed by atoms with E-state index in [1.807, 2.05) is 42.5 Å². The minimum Gasteiger partial charge on any atom is -0.464 e. The van der Waals surface area contributed by atoms with Gasteiger partial charge in [-0.2, -0.15) is 0 Å². The number of benzene rings is 2. The first-order valence-corrected chi connectivity index (χ1v) is 7.21. The van der Waals surface area contributed by atoms with Crippen LogP contribution in [0.3, 0.4) is 0 Å². The van der Waals surface area contributed by atoms with Crippen LogP contribution in [-0.4, -0.2) is 18.8 Å². The van der Waals surface area contributed by atoms with E-state index in [9.17, 15) is 9.50 Å². The van der Waals surface area contributed by atoms with Crippen LogP contribution in [0, 0.1) is 0 Å². The highest BCUT2D eigenvalue weighted by Gasteiger charge is 2.13. The summed E-state index contributed by atoms with van der Waals surface area (Å²) < 4.78 is 18.7. The Morgan fingerprint density at radius 2 is 2.09 bits per heavy atom. The van der Waals surface area contributed by atoms with E-state index in [1.54, 1.807) is 13.3 Å². The van der Waals surface area contributed by atoms with E-state index in [0.717, 1.165) is 33.2 Å². The Hall–Kier alpha value is -2.17. The molecule has 1 unspecified atom stereocenters. The smallest absolute Gasteiger partial charge is 0.141 e. The van der Waals surface area contributed by atoms with Crippen LogP contribution in [0.15, 0.2) is 53.1 Å². The lowest BCUT2D eigenvalue weighted by Crippen LogP contribution is -2.17. The maximum Gasteiger partial charge on any atom is 0.141 e. The molecule has 3 aromatic rings. The molecule has 1 aromatic heterocycles. The number of fused-ring (bicyclic) bond motifs is 1. The fourth-order valence-corrected chi connectivity index (χ4v) is 2.71. The summed E-state index contributed by atoms with van der Waals surface area (Å²) >= 11 is 0. The second kappa shape index (κ2) is 6.30. The van der Waals surface area contributed by atoms with Gasteiger partial charge in [-0.15, -0.1) is 0 Å². The number of rotatable bonds is 5. The molecule has 0 aliphatic rings. The van der Waals surface area contributed by atoms with Gasteiger partial charge >= 0.3 is 0 Å². The lowest BCUT2D eigenvalue weighted by Gasteiger charge is -2.14. The van der Waals surface area contributed by atoms with Crippen LogP contribution < -0.4 is 5.32 Å². The van der Waals surface area contributed by atoms with Gasteiger partial charge in [0.2, 0.25) is 0 Å². The van der Waals surface area contributed by atoms with Crippen molar-refractivity contribution in [2.24, 2.45) is 0 Å². The van der Waals surface area contributed by atoms with E-state index in [-0.39, 0.29) is 12.6 Å². The molecule has 0 radical (unpaired) electrons. The Labute approximate surface area is 128 Å². The molecule has 22 heavy (non-hydrogen) atoms. The highest BCUT2D eigenvalue weighted by atomic mass is 19.1. The monoisotopic (exact) mass is 299 g/mol. The van der Waals surface area contributed by atoms with E-state index in [1.165, 1.54) is 0 Å². The van der Waals surface area contributed by atoms with Gasteiger partial charge in [0, 0.05) is 10.9 Å². The van der Waals surface area contributed by atoms with Crippen molar-refractivity contribution < 1.29 is 13.9 Å². The third-order valence-corrected chi connectivity index (χ3v) is 3.90. The number of furan rings is 1. The molecule has 0 aliphatic heterocycles. The molecule has 4 heteroatoms. The van der Waals surface area contributed by atoms with Gasteiger partial charge in [0.25, 0.3) is 0 Å². The van der Waals surface area contributed by atoms with Crippen molar-refractivity contribution in [3.8, 4) is 11.1 Å². The average Bonchev–Trinajstić information content (AvgIpc) is 3.03. The van der Waals surface area contributed by atoms with E-state index in [0.29, 0.717) is 0 Å². The van der Waals surface area contributed by atoms with Crippen LogP contribution in [-0.2, 0) is 6.61 Å². The molecule has 1 heterocycles. The minimum atomic E-state index is -0.465. The van der Waals surface area contributed by atoms with Gasteiger partial charge in [0.15, 0.2) is 0 Å². The van der Waals surface area contributed by atoms with Gasteiger partial charge in [0.1, 0.15) is 12.3 Å². The molecule has 3 rings (SSSR count). The van der Waals surface area contributed by atoms with Crippen molar-refractivity contribution in [2.75, 3.05) is 13.7 Å². The summed E-state index contributed by atoms with van der Waals surface area (Å²) in [5.74, 6) is 0. The highest BCUT2D eigenvalue weighted by molar-refractivity contribution is 5.93. The topological polar surface area (TPSA) is 45.4 Å². The lowest BCUT2D eigenvalue weighted by atomic mass is 9.97. The molecule has 0 bridgehead atoms. The highest BCUT2D eigenvalue weighted by Crippen LogP contribution is 2.32. The van der Waals surface area contributed by atoms with Crippen LogP contribution in [0.4, 0.5) is 4.39 Å². The molecule has 2 aromatic carbocycles. The summed E-state index contributed by atoms with van der Waals surface area (Å²) in [6.45, 7) is -0.496. The zero-order chi connectivity index (χ0) is 15.5. The summed E-state index contributed by atoms with van der Waals surface area (Å²) in [7, 11) is 1.74. The maximum atomic E-state index is 13.1. The molecule has 0 fully saturated rings. The third kappa shape index (κ3) is 2.63. The number of nitrogens with one attached hydrogen (secondary N) is 1. The Morgan fingerprint density at radius 3 is 2.82 bits per heavy atom. The van der Waals surface area contributed by atoms with Crippen LogP contribution in [0.2, 0.25) is 0 Å². The molecule has 1 atom stereocenters. The van der Waals surface area contributed by atoms with E-state index >= 15 is 0 Å². The standard InChI is InChI=1S/C18H18FNO2/c1-20-17(10-19)14-4-2-3-13(9-14)16-8-12(11-21)7-15-5-6-22-18(15)16/h2-9,17,20-21H,10-11H2,1H3. The van der Waals surface area contributed by atoms with E-state index < -0.39 is 6.67 Å². The molecular weight excluding hydrogens is 281 g/mol. The average molecular weight is 299 g/mol. The quantitative estimate of drug-likeness (QED) is 0.753. The Morgan fingerprint density at radius 1 is 1.23 bits per heavy atom. The summed E-state index contributed by atoms with van der Waals surface area (Å²) in [6, 6.07) is 13.1. The molecule has 2 N–H and O–H groups in total. The molecule has 0 amide bonds. The zero-order valence-corrected chi connectivity index (χ0v) is 12.3. The third-order valence-electron chi connectivity index (χ3n) is 3.90. The van der Waals surface area contributed by atoms with Crippen molar-refractivity contribution in [3.63, 3.8) is 0 Å². The maximum absolute atomic E-state index is 13.1. The summed E-state index contributed by atoms with van der Waals surface area (Å²) in [6.07, 6.45) is 1.64. The first-order chi connectivity index (χ1) is 10.8. The summed E-state index contributed by atoms with van der Waals surface area (Å²) in [5.41, 5.74) is 4.33. The number of halogens is 1. The Kier molecular flexibility index (Phi) is 4.22. The van der Waals surface area contributed by atoms with Crippen LogP contribution in [0.25, 0.3) is 22.1 Å². The number of hydrogen-bond acceptors (Lipinski definition) is 3. The normalized spacial score (nSPS) is 12.7. The first-order valence-electron chi connectivity index (χ1n) is 7.21. The van der Waals surface area contributed by atoms with Gasteiger partial charge < -0.3 is 14.8 Å². The van der Waals surface area contributed by atoms with Crippen molar-refractivity contribution in [2.45, 2.75) is 12.6 Å². The minimum absolute atomic E-state index is 0.0303. The molecule has 0 saturated heterocycles. The SMILES string of the molecule is CNC(CF)c1cccc(-c2cc(CO)cc3ccoc23)c1. The van der Waals surface area contributed by atoms with Crippen molar-refractivity contribution in [1.82, 2.24) is 5.32 Å². The van der Waals surface area contributed by atoms with Gasteiger partial charge in [0.05, 0.1) is 18.9 Å². The molecule has 0 spiro atoms. The fourth-order valence-electron chi connectivity index (χ4n) is 2.71. The first kappa shape index (κ1) is 14.8. The Bertz CT molecular complexity index is 778. The fraction of sp³-hybridized carbons (Fsp3) is 0.222. The number of aliphatic hydroxyl groups excluding tert-OH is 1. The number of alkyl halides is 1. The zero-order valence-electron chi connectivity index (χ0n) is 12.3. The van der Waals surface area contributed by atoms with E-state index in [4.69, 9.17) is 4.42 Å². The van der Waals surface area contributed by atoms with Gasteiger partial charge in [-0.3, -0.25) is 0 Å². The van der Waals surface area contributed by atoms with Crippen molar-refractivity contribution >= 4 is 11.0 Å². The second-order valence-electron chi connectivity index (χ2n) is 5.26. The van der Waals surface area contributed by atoms with Gasteiger partial charge in [-0.25, -0.2) is 4.39 Å². The van der Waals surface area contributed by atoms with Crippen molar-refractivity contribution in [3.05, 3.63) is 59.9 Å². The molecular formula is C18H18FNO2. The van der Waals surface area contributed by atoms with Crippen LogP contribution in [0.1, 0.15) is 17.2 Å². The summed E-state index contributed by atoms with van der Waals surface area (Å²) in [4.78, 5) is 0. The largest absolute Gasteiger partial charge is 0.464 e. The molecule has 0 saturated carbocycles. The molecule has 3 nitrogen and oxygen atoms in total. The second-order valence-corrected chi connectivity index (χ2v) is 5.26. The lowest BCUT2D eigenvalue weighted by molar-refractivity contribution is 0.282. The van der Waals surface area contributed by atoms with Crippen molar-refractivity contribution in [1.29, 1.82) is 0 Å². The van der Waals surface area contributed by atoms with E-state index in [2.05, 4.69) is 5.32 Å². The number of aliphatic hydroxyl groups is 1. The molecule has 0 aliphatic carbocycles. The Balaban J connectivity index is 2.14. The number of hydrogen-bond donors (Lipinski definition) is 2. The van der Waals surface area contributed by atoms with Gasteiger partial charge in [-0.05, 0) is 48.0 Å². The molecule has 114 valence electrons. The predicted molar refractivity (Wildman–Crippen MR) is 85.3 cm³/mol. The predicted octanol–water partition coefficient (Wildman–Crippen LogP) is 3.82. The van der Waals surface area contributed by atoms with Gasteiger partial charge in [-0.1, -0.05) is 18.2 Å². The summed E-state index contributed by atoms with van der Waals surface area (Å²) in [5, 5.41) is 13.3. The van der Waals surface area contributed by atoms with Crippen LogP contribution >= 0.6 is 0 Å².